The first-order chi connectivity index (χ1) is 12.3. The Morgan fingerprint density at radius 3 is 2.58 bits per heavy atom. The number of benzene rings is 2. The van der Waals surface area contributed by atoms with E-state index in [-0.39, 0.29) is 22.2 Å². The molecule has 0 spiro atoms. The zero-order valence-electron chi connectivity index (χ0n) is 14.8. The molecule has 1 amide bonds. The summed E-state index contributed by atoms with van der Waals surface area (Å²) >= 11 is 6.20. The molecule has 0 radical (unpaired) electrons. The topological polar surface area (TPSA) is 66.5 Å². The number of anilines is 2. The van der Waals surface area contributed by atoms with Crippen LogP contribution in [0.5, 0.6) is 0 Å². The van der Waals surface area contributed by atoms with Gasteiger partial charge in [0.25, 0.3) is 5.91 Å². The summed E-state index contributed by atoms with van der Waals surface area (Å²) in [4.78, 5) is 12.7. The first-order valence-electron chi connectivity index (χ1n) is 8.46. The lowest BCUT2D eigenvalue weighted by atomic mass is 10.1. The summed E-state index contributed by atoms with van der Waals surface area (Å²) in [6.07, 6.45) is 1.46. The van der Waals surface area contributed by atoms with Gasteiger partial charge in [-0.1, -0.05) is 29.3 Å². The van der Waals surface area contributed by atoms with Crippen LogP contribution in [0.2, 0.25) is 5.02 Å². The van der Waals surface area contributed by atoms with Gasteiger partial charge in [-0.25, -0.2) is 8.42 Å². The molecule has 3 rings (SSSR count). The molecule has 0 aliphatic carbocycles. The highest BCUT2D eigenvalue weighted by Crippen LogP contribution is 2.29. The number of hydrogen-bond donors (Lipinski definition) is 1. The second-order valence-electron chi connectivity index (χ2n) is 6.53. The fourth-order valence-electron chi connectivity index (χ4n) is 3.06. The Morgan fingerprint density at radius 2 is 1.88 bits per heavy atom. The molecule has 0 atom stereocenters. The highest BCUT2D eigenvalue weighted by Gasteiger charge is 2.27. The zero-order valence-corrected chi connectivity index (χ0v) is 16.3. The van der Waals surface area contributed by atoms with Gasteiger partial charge in [-0.2, -0.15) is 0 Å². The van der Waals surface area contributed by atoms with Gasteiger partial charge >= 0.3 is 0 Å². The van der Waals surface area contributed by atoms with Crippen LogP contribution < -0.4 is 9.62 Å². The molecule has 0 bridgehead atoms. The monoisotopic (exact) mass is 392 g/mol. The largest absolute Gasteiger partial charge is 0.322 e. The normalized spacial score (nSPS) is 16.3. The van der Waals surface area contributed by atoms with E-state index in [1.807, 2.05) is 32.0 Å². The van der Waals surface area contributed by atoms with Crippen molar-refractivity contribution in [2.45, 2.75) is 26.7 Å². The summed E-state index contributed by atoms with van der Waals surface area (Å²) in [6, 6.07) is 10.5. The van der Waals surface area contributed by atoms with E-state index in [4.69, 9.17) is 11.6 Å². The van der Waals surface area contributed by atoms with Crippen LogP contribution in [0.15, 0.2) is 36.4 Å². The van der Waals surface area contributed by atoms with Crippen LogP contribution in [-0.4, -0.2) is 26.6 Å². The molecule has 0 aromatic heterocycles. The number of nitrogens with zero attached hydrogens (tertiary/aromatic N) is 1. The third-order valence-electron chi connectivity index (χ3n) is 4.46. The number of aryl methyl sites for hydroxylation is 2. The number of carbonyl (C=O) groups is 1. The molecule has 1 fully saturated rings. The van der Waals surface area contributed by atoms with Gasteiger partial charge in [0.2, 0.25) is 10.0 Å². The van der Waals surface area contributed by atoms with Gasteiger partial charge in [-0.05, 0) is 56.5 Å². The van der Waals surface area contributed by atoms with Crippen LogP contribution in [0.4, 0.5) is 11.4 Å². The van der Waals surface area contributed by atoms with Gasteiger partial charge in [-0.15, -0.1) is 0 Å². The zero-order chi connectivity index (χ0) is 18.9. The maximum atomic E-state index is 12.7. The first kappa shape index (κ1) is 18.7. The van der Waals surface area contributed by atoms with Crippen LogP contribution in [0.3, 0.4) is 0 Å². The molecule has 1 N–H and O–H groups in total. The average Bonchev–Trinajstić information content (AvgIpc) is 2.57. The molecule has 0 unspecified atom stereocenters. The van der Waals surface area contributed by atoms with Crippen molar-refractivity contribution in [3.8, 4) is 0 Å². The fourth-order valence-corrected chi connectivity index (χ4v) is 4.90. The Morgan fingerprint density at radius 1 is 1.12 bits per heavy atom. The molecule has 1 heterocycles. The van der Waals surface area contributed by atoms with Gasteiger partial charge in [-0.3, -0.25) is 9.10 Å². The van der Waals surface area contributed by atoms with Crippen molar-refractivity contribution in [1.29, 1.82) is 0 Å². The Hall–Kier alpha value is -2.05. The van der Waals surface area contributed by atoms with E-state index < -0.39 is 10.0 Å². The molecular formula is C19H21ClN2O3S. The van der Waals surface area contributed by atoms with Crippen LogP contribution in [0.1, 0.15) is 34.3 Å². The third kappa shape index (κ3) is 3.86. The lowest BCUT2D eigenvalue weighted by Gasteiger charge is -2.28. The second-order valence-corrected chi connectivity index (χ2v) is 8.95. The summed E-state index contributed by atoms with van der Waals surface area (Å²) in [5, 5.41) is 3.14. The van der Waals surface area contributed by atoms with Crippen molar-refractivity contribution in [3.05, 3.63) is 58.1 Å². The Bertz CT molecular complexity index is 957. The van der Waals surface area contributed by atoms with Crippen molar-refractivity contribution in [1.82, 2.24) is 0 Å². The predicted molar refractivity (Wildman–Crippen MR) is 106 cm³/mol. The molecule has 138 valence electrons. The Balaban J connectivity index is 1.91. The third-order valence-corrected chi connectivity index (χ3v) is 6.66. The van der Waals surface area contributed by atoms with Gasteiger partial charge in [0, 0.05) is 12.2 Å². The van der Waals surface area contributed by atoms with E-state index in [1.54, 1.807) is 18.2 Å². The molecule has 5 nitrogen and oxygen atoms in total. The van der Waals surface area contributed by atoms with Gasteiger partial charge < -0.3 is 5.32 Å². The summed E-state index contributed by atoms with van der Waals surface area (Å²) in [7, 11) is -3.34. The van der Waals surface area contributed by atoms with Gasteiger partial charge in [0.15, 0.2) is 0 Å². The number of nitrogens with one attached hydrogen (secondary N) is 1. The molecule has 1 aliphatic heterocycles. The Labute approximate surface area is 159 Å². The molecule has 7 heteroatoms. The molecule has 1 aliphatic rings. The Kier molecular flexibility index (Phi) is 5.25. The molecule has 0 saturated carbocycles. The quantitative estimate of drug-likeness (QED) is 0.853. The van der Waals surface area contributed by atoms with Crippen molar-refractivity contribution < 1.29 is 13.2 Å². The minimum atomic E-state index is -3.34. The summed E-state index contributed by atoms with van der Waals surface area (Å²) in [5.41, 5.74) is 3.48. The maximum absolute atomic E-state index is 12.7. The molecule has 2 aromatic carbocycles. The average molecular weight is 393 g/mol. The van der Waals surface area contributed by atoms with E-state index in [2.05, 4.69) is 5.32 Å². The lowest BCUT2D eigenvalue weighted by Crippen LogP contribution is -2.38. The summed E-state index contributed by atoms with van der Waals surface area (Å²) in [5.74, 6) is -0.238. The maximum Gasteiger partial charge on any atom is 0.257 e. The number of carbonyl (C=O) groups excluding carboxylic acids is 1. The summed E-state index contributed by atoms with van der Waals surface area (Å²) in [6.45, 7) is 4.32. The minimum Gasteiger partial charge on any atom is -0.322 e. The number of sulfonamides is 1. The van der Waals surface area contributed by atoms with Crippen molar-refractivity contribution in [2.75, 3.05) is 21.9 Å². The fraction of sp³-hybridized carbons (Fsp3) is 0.316. The highest BCUT2D eigenvalue weighted by molar-refractivity contribution is 7.92. The van der Waals surface area contributed by atoms with Gasteiger partial charge in [0.05, 0.1) is 22.0 Å². The molecule has 1 saturated heterocycles. The van der Waals surface area contributed by atoms with Crippen LogP contribution in [0, 0.1) is 13.8 Å². The van der Waals surface area contributed by atoms with E-state index >= 15 is 0 Å². The smallest absolute Gasteiger partial charge is 0.257 e. The van der Waals surface area contributed by atoms with Crippen LogP contribution in [-0.2, 0) is 10.0 Å². The van der Waals surface area contributed by atoms with Gasteiger partial charge in [0.1, 0.15) is 0 Å². The van der Waals surface area contributed by atoms with E-state index in [0.29, 0.717) is 24.3 Å². The molecular weight excluding hydrogens is 372 g/mol. The van der Waals surface area contributed by atoms with Crippen molar-refractivity contribution in [3.63, 3.8) is 0 Å². The van der Waals surface area contributed by atoms with E-state index in [0.717, 1.165) is 17.5 Å². The first-order valence-corrected chi connectivity index (χ1v) is 10.5. The lowest BCUT2D eigenvalue weighted by molar-refractivity contribution is 0.102. The summed E-state index contributed by atoms with van der Waals surface area (Å²) < 4.78 is 26.0. The number of amides is 1. The molecule has 2 aromatic rings. The molecule has 26 heavy (non-hydrogen) atoms. The van der Waals surface area contributed by atoms with Crippen molar-refractivity contribution >= 4 is 38.9 Å². The minimum absolute atomic E-state index is 0.125. The highest BCUT2D eigenvalue weighted by atomic mass is 35.5. The predicted octanol–water partition coefficient (Wildman–Crippen LogP) is 4.14. The standard InChI is InChI=1S/C19H21ClN2O3S/c1-13-5-8-18(14(2)11-13)21-19(23)16-12-15(6-7-17(16)20)22-9-3-4-10-26(22,24)25/h5-8,11-12H,3-4,9-10H2,1-2H3,(H,21,23). The number of hydrogen-bond acceptors (Lipinski definition) is 3. The number of rotatable bonds is 3. The van der Waals surface area contributed by atoms with Crippen molar-refractivity contribution in [2.24, 2.45) is 0 Å². The van der Waals surface area contributed by atoms with Crippen LogP contribution in [0.25, 0.3) is 0 Å². The number of halogens is 1. The van der Waals surface area contributed by atoms with E-state index in [9.17, 15) is 13.2 Å². The second kappa shape index (κ2) is 7.29. The SMILES string of the molecule is Cc1ccc(NC(=O)c2cc(N3CCCCS3(=O)=O)ccc2Cl)c(C)c1. The van der Waals surface area contributed by atoms with Crippen LogP contribution >= 0.6 is 11.6 Å². The van der Waals surface area contributed by atoms with E-state index in [1.165, 1.54) is 4.31 Å².